The van der Waals surface area contributed by atoms with Gasteiger partial charge in [0, 0.05) is 22.3 Å². The van der Waals surface area contributed by atoms with Gasteiger partial charge in [-0.25, -0.2) is 4.79 Å². The molecule has 0 aliphatic heterocycles. The summed E-state index contributed by atoms with van der Waals surface area (Å²) in [5.74, 6) is 0.538. The summed E-state index contributed by atoms with van der Waals surface area (Å²) in [7, 11) is 0. The third kappa shape index (κ3) is 8.09. The molecule has 0 unspecified atom stereocenters. The quantitative estimate of drug-likeness (QED) is 0.213. The van der Waals surface area contributed by atoms with Crippen LogP contribution in [0.15, 0.2) is 40.9 Å². The van der Waals surface area contributed by atoms with Gasteiger partial charge in [0.25, 0.3) is 0 Å². The van der Waals surface area contributed by atoms with Crippen molar-refractivity contribution in [3.8, 4) is 11.5 Å². The van der Waals surface area contributed by atoms with Gasteiger partial charge in [0.15, 0.2) is 5.75 Å². The van der Waals surface area contributed by atoms with Crippen LogP contribution in [0.3, 0.4) is 0 Å². The van der Waals surface area contributed by atoms with E-state index in [9.17, 15) is 14.9 Å². The fraction of sp³-hybridized carbons (Fsp3) is 0.409. The number of carbonyl (C=O) groups excluding carboxylic acids is 1. The van der Waals surface area contributed by atoms with Crippen molar-refractivity contribution < 1.29 is 19.2 Å². The molecule has 0 aliphatic carbocycles. The number of urea groups is 1. The van der Waals surface area contributed by atoms with Crippen LogP contribution < -0.4 is 20.1 Å². The third-order valence-electron chi connectivity index (χ3n) is 4.37. The lowest BCUT2D eigenvalue weighted by atomic mass is 10.1. The van der Waals surface area contributed by atoms with E-state index in [4.69, 9.17) is 9.47 Å². The van der Waals surface area contributed by atoms with Gasteiger partial charge in [-0.05, 0) is 37.1 Å². The van der Waals surface area contributed by atoms with Crippen LogP contribution in [-0.4, -0.2) is 24.2 Å². The number of rotatable bonds is 12. The summed E-state index contributed by atoms with van der Waals surface area (Å²) >= 11 is 3.36. The second kappa shape index (κ2) is 12.8. The molecule has 0 heterocycles. The van der Waals surface area contributed by atoms with Gasteiger partial charge >= 0.3 is 11.7 Å². The molecule has 8 nitrogen and oxygen atoms in total. The smallest absolute Gasteiger partial charge is 0.319 e. The minimum atomic E-state index is -0.481. The molecule has 168 valence electrons. The van der Waals surface area contributed by atoms with Crippen LogP contribution in [-0.2, 0) is 6.54 Å². The molecule has 2 rings (SSSR count). The molecule has 0 fully saturated rings. The number of nitrogens with one attached hydrogen (secondary N) is 2. The largest absolute Gasteiger partial charge is 0.493 e. The monoisotopic (exact) mass is 493 g/mol. The van der Waals surface area contributed by atoms with Gasteiger partial charge in [-0.1, -0.05) is 48.7 Å². The number of nitro benzene ring substituents is 1. The second-order valence-corrected chi connectivity index (χ2v) is 7.82. The summed E-state index contributed by atoms with van der Waals surface area (Å²) in [4.78, 5) is 23.4. The van der Waals surface area contributed by atoms with E-state index < -0.39 is 11.0 Å². The number of ether oxygens (including phenoxy) is 2. The van der Waals surface area contributed by atoms with E-state index >= 15 is 0 Å². The number of halogens is 1. The summed E-state index contributed by atoms with van der Waals surface area (Å²) < 4.78 is 12.3. The van der Waals surface area contributed by atoms with Crippen LogP contribution in [0.5, 0.6) is 11.5 Å². The van der Waals surface area contributed by atoms with Crippen LogP contribution in [0.1, 0.15) is 45.1 Å². The number of benzene rings is 2. The molecule has 0 aromatic heterocycles. The molecule has 0 radical (unpaired) electrons. The summed E-state index contributed by atoms with van der Waals surface area (Å²) in [6.07, 6.45) is 3.45. The van der Waals surface area contributed by atoms with Crippen molar-refractivity contribution in [1.29, 1.82) is 0 Å². The van der Waals surface area contributed by atoms with Gasteiger partial charge in [0.2, 0.25) is 0 Å². The van der Waals surface area contributed by atoms with E-state index in [1.54, 1.807) is 18.2 Å². The van der Waals surface area contributed by atoms with E-state index in [2.05, 4.69) is 26.6 Å². The average Bonchev–Trinajstić information content (AvgIpc) is 2.73. The lowest BCUT2D eigenvalue weighted by Crippen LogP contribution is -2.28. The Morgan fingerprint density at radius 1 is 1.06 bits per heavy atom. The summed E-state index contributed by atoms with van der Waals surface area (Å²) in [5, 5.41) is 17.1. The molecule has 2 aromatic rings. The van der Waals surface area contributed by atoms with Crippen molar-refractivity contribution in [1.82, 2.24) is 5.32 Å². The first kappa shape index (κ1) is 24.5. The molecular weight excluding hydrogens is 466 g/mol. The highest BCUT2D eigenvalue weighted by atomic mass is 79.9. The molecule has 0 saturated carbocycles. The first-order valence-electron chi connectivity index (χ1n) is 10.3. The number of nitrogens with zero attached hydrogens (tertiary/aromatic N) is 1. The Bertz CT molecular complexity index is 891. The van der Waals surface area contributed by atoms with Crippen LogP contribution >= 0.6 is 15.9 Å². The predicted octanol–water partition coefficient (Wildman–Crippen LogP) is 6.04. The standard InChI is InChI=1S/C22H28BrN3O5/c1-3-5-10-30-20-14-19(26(28)29)21(31-11-6-4-2)12-16(20)15-24-22(27)25-18-9-7-8-17(23)13-18/h7-9,12-14H,3-6,10-11,15H2,1-2H3,(H2,24,25,27). The predicted molar refractivity (Wildman–Crippen MR) is 124 cm³/mol. The molecule has 0 spiro atoms. The summed E-state index contributed by atoms with van der Waals surface area (Å²) in [5.41, 5.74) is 1.10. The topological polar surface area (TPSA) is 103 Å². The zero-order valence-electron chi connectivity index (χ0n) is 17.8. The zero-order chi connectivity index (χ0) is 22.6. The SMILES string of the molecule is CCCCOc1cc([N+](=O)[O-])c(OCCCC)cc1CNC(=O)Nc1cccc(Br)c1. The molecule has 9 heteroatoms. The van der Waals surface area contributed by atoms with Gasteiger partial charge in [-0.15, -0.1) is 0 Å². The highest BCUT2D eigenvalue weighted by Crippen LogP contribution is 2.35. The van der Waals surface area contributed by atoms with Crippen molar-refractivity contribution in [2.45, 2.75) is 46.1 Å². The van der Waals surface area contributed by atoms with Crippen LogP contribution in [0.4, 0.5) is 16.2 Å². The lowest BCUT2D eigenvalue weighted by molar-refractivity contribution is -0.386. The Kier molecular flexibility index (Phi) is 10.1. The molecule has 31 heavy (non-hydrogen) atoms. The molecule has 0 saturated heterocycles. The number of carbonyl (C=O) groups is 1. The second-order valence-electron chi connectivity index (χ2n) is 6.91. The van der Waals surface area contributed by atoms with E-state index in [1.807, 2.05) is 26.0 Å². The molecule has 0 atom stereocenters. The minimum Gasteiger partial charge on any atom is -0.493 e. The van der Waals surface area contributed by atoms with Crippen LogP contribution in [0.25, 0.3) is 0 Å². The first-order valence-corrected chi connectivity index (χ1v) is 11.1. The van der Waals surface area contributed by atoms with Crippen molar-refractivity contribution in [2.24, 2.45) is 0 Å². The van der Waals surface area contributed by atoms with Crippen molar-refractivity contribution >= 4 is 33.3 Å². The third-order valence-corrected chi connectivity index (χ3v) is 4.86. The van der Waals surface area contributed by atoms with Gasteiger partial charge in [-0.2, -0.15) is 0 Å². The van der Waals surface area contributed by atoms with Crippen molar-refractivity contribution in [3.05, 3.63) is 56.5 Å². The van der Waals surface area contributed by atoms with Gasteiger partial charge in [-0.3, -0.25) is 10.1 Å². The van der Waals surface area contributed by atoms with Gasteiger partial charge in [0.05, 0.1) is 24.2 Å². The lowest BCUT2D eigenvalue weighted by Gasteiger charge is -2.15. The number of nitro groups is 1. The van der Waals surface area contributed by atoms with Crippen molar-refractivity contribution in [2.75, 3.05) is 18.5 Å². The Morgan fingerprint density at radius 3 is 2.35 bits per heavy atom. The average molecular weight is 494 g/mol. The molecule has 2 N–H and O–H groups in total. The number of amides is 2. The highest BCUT2D eigenvalue weighted by molar-refractivity contribution is 9.10. The molecular formula is C22H28BrN3O5. The maximum atomic E-state index is 12.3. The fourth-order valence-electron chi connectivity index (χ4n) is 2.69. The van der Waals surface area contributed by atoms with E-state index in [-0.39, 0.29) is 18.0 Å². The zero-order valence-corrected chi connectivity index (χ0v) is 19.4. The highest BCUT2D eigenvalue weighted by Gasteiger charge is 2.21. The summed E-state index contributed by atoms with van der Waals surface area (Å²) in [6.45, 7) is 4.99. The molecule has 2 amide bonds. The van der Waals surface area contributed by atoms with Crippen molar-refractivity contribution in [3.63, 3.8) is 0 Å². The normalized spacial score (nSPS) is 10.4. The molecule has 2 aromatic carbocycles. The van der Waals surface area contributed by atoms with Gasteiger partial charge < -0.3 is 20.1 Å². The Morgan fingerprint density at radius 2 is 1.74 bits per heavy atom. The maximum absolute atomic E-state index is 12.3. The van der Waals surface area contributed by atoms with Crippen LogP contribution in [0, 0.1) is 10.1 Å². The van der Waals surface area contributed by atoms with E-state index in [1.165, 1.54) is 6.07 Å². The Labute approximate surface area is 190 Å². The minimum absolute atomic E-state index is 0.128. The first-order chi connectivity index (χ1) is 14.9. The number of anilines is 1. The number of hydrogen-bond donors (Lipinski definition) is 2. The Hall–Kier alpha value is -2.81. The van der Waals surface area contributed by atoms with Gasteiger partial charge in [0.1, 0.15) is 5.75 Å². The Balaban J connectivity index is 2.18. The molecule has 0 aliphatic rings. The number of unbranched alkanes of at least 4 members (excludes halogenated alkanes) is 2. The van der Waals surface area contributed by atoms with E-state index in [0.29, 0.717) is 30.2 Å². The fourth-order valence-corrected chi connectivity index (χ4v) is 3.09. The van der Waals surface area contributed by atoms with E-state index in [0.717, 1.165) is 30.2 Å². The maximum Gasteiger partial charge on any atom is 0.319 e. The van der Waals surface area contributed by atoms with Crippen LogP contribution in [0.2, 0.25) is 0 Å². The molecule has 0 bridgehead atoms. The number of hydrogen-bond acceptors (Lipinski definition) is 5. The summed E-state index contributed by atoms with van der Waals surface area (Å²) in [6, 6.07) is 9.79.